The zero-order valence-corrected chi connectivity index (χ0v) is 17.9. The number of aliphatic hydroxyl groups is 1. The van der Waals surface area contributed by atoms with Crippen LogP contribution in [0.15, 0.2) is 24.3 Å². The van der Waals surface area contributed by atoms with Gasteiger partial charge in [0.2, 0.25) is 11.8 Å². The van der Waals surface area contributed by atoms with E-state index >= 15 is 0 Å². The highest BCUT2D eigenvalue weighted by Gasteiger charge is 2.72. The average molecular weight is 418 g/mol. The Morgan fingerprint density at radius 2 is 1.97 bits per heavy atom. The van der Waals surface area contributed by atoms with E-state index in [4.69, 9.17) is 9.47 Å². The first-order valence-corrected chi connectivity index (χ1v) is 10.6. The fraction of sp³-hybridized carbons (Fsp3) is 0.682. The lowest BCUT2D eigenvalue weighted by atomic mass is 9.78. The number of carbonyl (C=O) groups is 3. The van der Waals surface area contributed by atoms with Gasteiger partial charge in [-0.25, -0.2) is 0 Å². The summed E-state index contributed by atoms with van der Waals surface area (Å²) in [6.45, 7) is 7.93. The van der Waals surface area contributed by atoms with Gasteiger partial charge in [-0.3, -0.25) is 14.4 Å². The quantitative estimate of drug-likeness (QED) is 0.534. The van der Waals surface area contributed by atoms with Crippen LogP contribution in [0.5, 0.6) is 0 Å². The molecule has 6 atom stereocenters. The third kappa shape index (κ3) is 2.84. The first kappa shape index (κ1) is 21.1. The molecule has 4 aliphatic rings. The summed E-state index contributed by atoms with van der Waals surface area (Å²) >= 11 is 0. The Labute approximate surface area is 176 Å². The number of likely N-dealkylation sites (tertiary alicyclic amines) is 1. The van der Waals surface area contributed by atoms with Crippen molar-refractivity contribution in [3.8, 4) is 0 Å². The van der Waals surface area contributed by atoms with E-state index in [1.54, 1.807) is 23.1 Å². The van der Waals surface area contributed by atoms with Gasteiger partial charge in [0.15, 0.2) is 0 Å². The Morgan fingerprint density at radius 1 is 1.23 bits per heavy atom. The molecule has 4 heterocycles. The number of aliphatic hydroxyl groups excluding tert-OH is 1. The molecule has 4 aliphatic heterocycles. The van der Waals surface area contributed by atoms with Crippen LogP contribution in [0.3, 0.4) is 0 Å². The molecule has 0 aliphatic carbocycles. The molecule has 0 radical (unpaired) electrons. The molecule has 8 heteroatoms. The highest BCUT2D eigenvalue weighted by Crippen LogP contribution is 2.54. The summed E-state index contributed by atoms with van der Waals surface area (Å²) in [6.07, 6.45) is 6.96. The highest BCUT2D eigenvalue weighted by molar-refractivity contribution is 5.99. The van der Waals surface area contributed by atoms with E-state index in [0.29, 0.717) is 13.0 Å². The van der Waals surface area contributed by atoms with Gasteiger partial charge < -0.3 is 24.4 Å². The standard InChI is InChI=1S/C22H30N2O6/c1-5-13(12-25)24-17-19(27)23(21(2,3)4)10-7-9-22(17)16(18(24)26)15-14(30-22)8-6-11-29-20(15)28/h6-9,13-17,25H,5,10-12H2,1-4H3/t13-,14-,15+,16-,17?,22-/m0/s1. The van der Waals surface area contributed by atoms with Gasteiger partial charge in [-0.05, 0) is 33.3 Å². The fourth-order valence-electron chi connectivity index (χ4n) is 5.32. The van der Waals surface area contributed by atoms with E-state index in [1.165, 1.54) is 4.90 Å². The number of nitrogens with zero attached hydrogens (tertiary/aromatic N) is 2. The maximum atomic E-state index is 13.9. The molecule has 0 aromatic heterocycles. The van der Waals surface area contributed by atoms with Crippen LogP contribution in [0.2, 0.25) is 0 Å². The van der Waals surface area contributed by atoms with Gasteiger partial charge in [-0.1, -0.05) is 25.2 Å². The number of amides is 2. The van der Waals surface area contributed by atoms with E-state index in [1.807, 2.05) is 33.8 Å². The summed E-state index contributed by atoms with van der Waals surface area (Å²) in [5, 5.41) is 9.99. The molecule has 164 valence electrons. The van der Waals surface area contributed by atoms with Gasteiger partial charge in [-0.15, -0.1) is 0 Å². The molecule has 1 N–H and O–H groups in total. The third-order valence-corrected chi connectivity index (χ3v) is 6.74. The van der Waals surface area contributed by atoms with Crippen LogP contribution < -0.4 is 0 Å². The minimum atomic E-state index is -1.27. The largest absolute Gasteiger partial charge is 0.461 e. The molecule has 30 heavy (non-hydrogen) atoms. The number of cyclic esters (lactones) is 1. The molecule has 8 nitrogen and oxygen atoms in total. The lowest BCUT2D eigenvalue weighted by Crippen LogP contribution is -2.60. The molecule has 2 fully saturated rings. The van der Waals surface area contributed by atoms with E-state index in [-0.39, 0.29) is 25.0 Å². The van der Waals surface area contributed by atoms with Crippen LogP contribution in [0, 0.1) is 11.8 Å². The van der Waals surface area contributed by atoms with Crippen molar-refractivity contribution in [2.24, 2.45) is 11.8 Å². The number of hydrogen-bond acceptors (Lipinski definition) is 6. The molecule has 1 spiro atoms. The molecule has 4 rings (SSSR count). The second-order valence-electron chi connectivity index (χ2n) is 9.41. The molecule has 1 unspecified atom stereocenters. The first-order chi connectivity index (χ1) is 14.2. The van der Waals surface area contributed by atoms with Crippen LogP contribution in [-0.2, 0) is 23.9 Å². The van der Waals surface area contributed by atoms with E-state index in [0.717, 1.165) is 0 Å². The lowest BCUT2D eigenvalue weighted by molar-refractivity contribution is -0.156. The van der Waals surface area contributed by atoms with Crippen LogP contribution in [-0.4, -0.2) is 81.8 Å². The molecule has 0 bridgehead atoms. The Bertz CT molecular complexity index is 811. The molecular weight excluding hydrogens is 388 g/mol. The second-order valence-corrected chi connectivity index (χ2v) is 9.41. The normalized spacial score (nSPS) is 36.8. The van der Waals surface area contributed by atoms with Gasteiger partial charge >= 0.3 is 5.97 Å². The molecule has 0 saturated carbocycles. The summed E-state index contributed by atoms with van der Waals surface area (Å²) < 4.78 is 11.7. The topological polar surface area (TPSA) is 96.4 Å². The Morgan fingerprint density at radius 3 is 2.60 bits per heavy atom. The van der Waals surface area contributed by atoms with Gasteiger partial charge in [0.1, 0.15) is 24.2 Å². The molecule has 0 aromatic carbocycles. The second kappa shape index (κ2) is 7.20. The number of fused-ring (bicyclic) bond motifs is 2. The minimum absolute atomic E-state index is 0.136. The van der Waals surface area contributed by atoms with Crippen molar-refractivity contribution < 1.29 is 29.0 Å². The zero-order valence-electron chi connectivity index (χ0n) is 17.9. The Balaban J connectivity index is 1.89. The van der Waals surface area contributed by atoms with Crippen LogP contribution >= 0.6 is 0 Å². The van der Waals surface area contributed by atoms with Gasteiger partial charge in [-0.2, -0.15) is 0 Å². The highest BCUT2D eigenvalue weighted by atomic mass is 16.6. The van der Waals surface area contributed by atoms with Gasteiger partial charge in [0.05, 0.1) is 24.7 Å². The summed E-state index contributed by atoms with van der Waals surface area (Å²) in [5.74, 6) is -2.75. The minimum Gasteiger partial charge on any atom is -0.461 e. The SMILES string of the molecule is CC[C@@H](CO)N1C(=O)[C@@H]2[C@@H]3C(=O)OCC=C[C@@H]3O[C@@]23C=CCN(C(C)(C)C)C(=O)C13. The predicted octanol–water partition coefficient (Wildman–Crippen LogP) is 0.648. The maximum absolute atomic E-state index is 13.9. The fourth-order valence-corrected chi connectivity index (χ4v) is 5.32. The summed E-state index contributed by atoms with van der Waals surface area (Å²) in [7, 11) is 0. The summed E-state index contributed by atoms with van der Waals surface area (Å²) in [4.78, 5) is 43.6. The molecule has 2 saturated heterocycles. The number of rotatable bonds is 3. The van der Waals surface area contributed by atoms with Crippen LogP contribution in [0.25, 0.3) is 0 Å². The molecule has 2 amide bonds. The summed E-state index contributed by atoms with van der Waals surface area (Å²) in [5.41, 5.74) is -1.74. The number of esters is 1. The van der Waals surface area contributed by atoms with E-state index in [2.05, 4.69) is 0 Å². The van der Waals surface area contributed by atoms with Crippen molar-refractivity contribution in [3.05, 3.63) is 24.3 Å². The first-order valence-electron chi connectivity index (χ1n) is 10.6. The van der Waals surface area contributed by atoms with Crippen molar-refractivity contribution in [1.82, 2.24) is 9.80 Å². The average Bonchev–Trinajstić information content (AvgIpc) is 2.97. The van der Waals surface area contributed by atoms with Crippen LogP contribution in [0.1, 0.15) is 34.1 Å². The number of ether oxygens (including phenoxy) is 2. The lowest BCUT2D eigenvalue weighted by Gasteiger charge is -2.42. The predicted molar refractivity (Wildman–Crippen MR) is 107 cm³/mol. The van der Waals surface area contributed by atoms with Crippen LogP contribution in [0.4, 0.5) is 0 Å². The number of carbonyl (C=O) groups excluding carboxylic acids is 3. The van der Waals surface area contributed by atoms with Crippen molar-refractivity contribution in [2.45, 2.75) is 63.4 Å². The van der Waals surface area contributed by atoms with Crippen molar-refractivity contribution in [2.75, 3.05) is 19.8 Å². The number of hydrogen-bond donors (Lipinski definition) is 1. The van der Waals surface area contributed by atoms with Crippen molar-refractivity contribution in [3.63, 3.8) is 0 Å². The Hall–Kier alpha value is -2.19. The third-order valence-electron chi connectivity index (χ3n) is 6.74. The van der Waals surface area contributed by atoms with Crippen molar-refractivity contribution in [1.29, 1.82) is 0 Å². The monoisotopic (exact) mass is 418 g/mol. The Kier molecular flexibility index (Phi) is 5.05. The zero-order chi connectivity index (χ0) is 21.8. The van der Waals surface area contributed by atoms with E-state index < -0.39 is 47.1 Å². The summed E-state index contributed by atoms with van der Waals surface area (Å²) in [6, 6.07) is -1.49. The maximum Gasteiger partial charge on any atom is 0.313 e. The molecular formula is C22H30N2O6. The molecule has 0 aromatic rings. The van der Waals surface area contributed by atoms with Crippen molar-refractivity contribution >= 4 is 17.8 Å². The smallest absolute Gasteiger partial charge is 0.313 e. The van der Waals surface area contributed by atoms with Gasteiger partial charge in [0, 0.05) is 12.1 Å². The van der Waals surface area contributed by atoms with E-state index in [9.17, 15) is 19.5 Å². The van der Waals surface area contributed by atoms with Gasteiger partial charge in [0.25, 0.3) is 0 Å².